The Labute approximate surface area is 166 Å². The SMILES string of the molecule is CCNC(=NCCOc1ccc(Cl)cc1)N(C)CC1CCOC1.I. The van der Waals surface area contributed by atoms with Crippen molar-refractivity contribution in [1.29, 1.82) is 0 Å². The molecule has 7 heteroatoms. The van der Waals surface area contributed by atoms with Gasteiger partial charge in [-0.15, -0.1) is 24.0 Å². The topological polar surface area (TPSA) is 46.1 Å². The Morgan fingerprint density at radius 3 is 2.79 bits per heavy atom. The molecule has 1 N–H and O–H groups in total. The monoisotopic (exact) mass is 467 g/mol. The maximum absolute atomic E-state index is 5.85. The summed E-state index contributed by atoms with van der Waals surface area (Å²) in [5.41, 5.74) is 0. The first-order valence-electron chi connectivity index (χ1n) is 8.14. The van der Waals surface area contributed by atoms with Crippen LogP contribution in [-0.4, -0.2) is 57.4 Å². The van der Waals surface area contributed by atoms with Crippen molar-refractivity contribution in [2.75, 3.05) is 46.5 Å². The van der Waals surface area contributed by atoms with Crippen LogP contribution in [0.2, 0.25) is 5.02 Å². The Morgan fingerprint density at radius 1 is 1.42 bits per heavy atom. The van der Waals surface area contributed by atoms with E-state index in [-0.39, 0.29) is 24.0 Å². The number of ether oxygens (including phenoxy) is 2. The van der Waals surface area contributed by atoms with Crippen LogP contribution in [0.3, 0.4) is 0 Å². The molecule has 136 valence electrons. The molecule has 24 heavy (non-hydrogen) atoms. The van der Waals surface area contributed by atoms with Crippen LogP contribution < -0.4 is 10.1 Å². The van der Waals surface area contributed by atoms with Crippen molar-refractivity contribution in [3.63, 3.8) is 0 Å². The summed E-state index contributed by atoms with van der Waals surface area (Å²) in [5.74, 6) is 2.32. The van der Waals surface area contributed by atoms with Gasteiger partial charge >= 0.3 is 0 Å². The molecule has 0 radical (unpaired) electrons. The normalized spacial score (nSPS) is 17.3. The highest BCUT2D eigenvalue weighted by Gasteiger charge is 2.18. The highest BCUT2D eigenvalue weighted by Crippen LogP contribution is 2.15. The van der Waals surface area contributed by atoms with Crippen LogP contribution in [-0.2, 0) is 4.74 Å². The fraction of sp³-hybridized carbons (Fsp3) is 0.588. The highest BCUT2D eigenvalue weighted by molar-refractivity contribution is 14.0. The minimum atomic E-state index is 0. The van der Waals surface area contributed by atoms with E-state index < -0.39 is 0 Å². The van der Waals surface area contributed by atoms with E-state index in [0.29, 0.717) is 24.1 Å². The van der Waals surface area contributed by atoms with Crippen molar-refractivity contribution in [3.05, 3.63) is 29.3 Å². The van der Waals surface area contributed by atoms with Gasteiger partial charge in [-0.05, 0) is 37.6 Å². The molecule has 0 bridgehead atoms. The molecule has 1 unspecified atom stereocenters. The van der Waals surface area contributed by atoms with Gasteiger partial charge in [-0.1, -0.05) is 11.6 Å². The van der Waals surface area contributed by atoms with Crippen LogP contribution in [0.15, 0.2) is 29.3 Å². The van der Waals surface area contributed by atoms with Crippen LogP contribution in [0.4, 0.5) is 0 Å². The van der Waals surface area contributed by atoms with Crippen LogP contribution >= 0.6 is 35.6 Å². The molecule has 0 amide bonds. The van der Waals surface area contributed by atoms with Gasteiger partial charge in [0.1, 0.15) is 12.4 Å². The third-order valence-corrected chi connectivity index (χ3v) is 3.94. The molecule has 0 saturated carbocycles. The molecule has 1 fully saturated rings. The van der Waals surface area contributed by atoms with Gasteiger partial charge in [0.05, 0.1) is 13.2 Å². The van der Waals surface area contributed by atoms with E-state index in [4.69, 9.17) is 21.1 Å². The molecule has 1 atom stereocenters. The molecule has 1 heterocycles. The summed E-state index contributed by atoms with van der Waals surface area (Å²) in [6.07, 6.45) is 1.13. The number of hydrogen-bond acceptors (Lipinski definition) is 3. The number of rotatable bonds is 7. The van der Waals surface area contributed by atoms with E-state index in [0.717, 1.165) is 44.4 Å². The third-order valence-electron chi connectivity index (χ3n) is 3.69. The lowest BCUT2D eigenvalue weighted by Gasteiger charge is -2.24. The van der Waals surface area contributed by atoms with Crippen molar-refractivity contribution >= 4 is 41.5 Å². The van der Waals surface area contributed by atoms with E-state index in [1.165, 1.54) is 0 Å². The predicted octanol–water partition coefficient (Wildman–Crippen LogP) is 3.27. The standard InChI is InChI=1S/C17H26ClN3O2.HI/c1-3-19-17(21(2)12-14-8-10-22-13-14)20-9-11-23-16-6-4-15(18)5-7-16;/h4-7,14H,3,8-13H2,1-2H3,(H,19,20);1H. The molecule has 0 aliphatic carbocycles. The second-order valence-electron chi connectivity index (χ2n) is 5.65. The fourth-order valence-corrected chi connectivity index (χ4v) is 2.64. The summed E-state index contributed by atoms with van der Waals surface area (Å²) in [6, 6.07) is 7.37. The maximum Gasteiger partial charge on any atom is 0.193 e. The van der Waals surface area contributed by atoms with E-state index >= 15 is 0 Å². The molecule has 2 rings (SSSR count). The molecule has 1 aliphatic heterocycles. The summed E-state index contributed by atoms with van der Waals surface area (Å²) in [7, 11) is 2.07. The number of halogens is 2. The lowest BCUT2D eigenvalue weighted by atomic mass is 10.1. The van der Waals surface area contributed by atoms with Crippen LogP contribution in [0.5, 0.6) is 5.75 Å². The number of nitrogens with zero attached hydrogens (tertiary/aromatic N) is 2. The van der Waals surface area contributed by atoms with Crippen molar-refractivity contribution in [2.24, 2.45) is 10.9 Å². The summed E-state index contributed by atoms with van der Waals surface area (Å²) < 4.78 is 11.1. The molecule has 0 aromatic heterocycles. The molecule has 0 spiro atoms. The zero-order valence-corrected chi connectivity index (χ0v) is 17.4. The molecule has 1 saturated heterocycles. The first-order chi connectivity index (χ1) is 11.2. The van der Waals surface area contributed by atoms with Gasteiger partial charge in [-0.2, -0.15) is 0 Å². The van der Waals surface area contributed by atoms with E-state index in [2.05, 4.69) is 29.2 Å². The fourth-order valence-electron chi connectivity index (χ4n) is 2.52. The average molecular weight is 468 g/mol. The van der Waals surface area contributed by atoms with Crippen LogP contribution in [0.25, 0.3) is 0 Å². The molecule has 1 aliphatic rings. The number of nitrogens with one attached hydrogen (secondary N) is 1. The Hall–Kier alpha value is -0.730. The largest absolute Gasteiger partial charge is 0.492 e. The second kappa shape index (κ2) is 11.8. The van der Waals surface area contributed by atoms with E-state index in [1.807, 2.05) is 24.3 Å². The smallest absolute Gasteiger partial charge is 0.193 e. The van der Waals surface area contributed by atoms with E-state index in [9.17, 15) is 0 Å². The molecular weight excluding hydrogens is 441 g/mol. The Kier molecular flexibility index (Phi) is 10.4. The van der Waals surface area contributed by atoms with Crippen LogP contribution in [0.1, 0.15) is 13.3 Å². The molecule has 5 nitrogen and oxygen atoms in total. The van der Waals surface area contributed by atoms with Crippen molar-refractivity contribution in [2.45, 2.75) is 13.3 Å². The Morgan fingerprint density at radius 2 is 2.17 bits per heavy atom. The summed E-state index contributed by atoms with van der Waals surface area (Å²) in [4.78, 5) is 6.80. The van der Waals surface area contributed by atoms with Crippen molar-refractivity contribution < 1.29 is 9.47 Å². The molecule has 1 aromatic rings. The summed E-state index contributed by atoms with van der Waals surface area (Å²) in [6.45, 7) is 6.76. The van der Waals surface area contributed by atoms with Gasteiger partial charge in [0.2, 0.25) is 0 Å². The van der Waals surface area contributed by atoms with Crippen molar-refractivity contribution in [1.82, 2.24) is 10.2 Å². The number of hydrogen-bond donors (Lipinski definition) is 1. The lowest BCUT2D eigenvalue weighted by molar-refractivity contribution is 0.181. The molecule has 1 aromatic carbocycles. The predicted molar refractivity (Wildman–Crippen MR) is 110 cm³/mol. The third kappa shape index (κ3) is 7.44. The minimum Gasteiger partial charge on any atom is -0.492 e. The maximum atomic E-state index is 5.85. The first kappa shape index (κ1) is 21.3. The van der Waals surface area contributed by atoms with Gasteiger partial charge in [-0.25, -0.2) is 4.99 Å². The van der Waals surface area contributed by atoms with Gasteiger partial charge < -0.3 is 19.7 Å². The number of aliphatic imine (C=N–C) groups is 1. The first-order valence-corrected chi connectivity index (χ1v) is 8.52. The zero-order valence-electron chi connectivity index (χ0n) is 14.3. The van der Waals surface area contributed by atoms with Gasteiger partial charge in [0.15, 0.2) is 5.96 Å². The van der Waals surface area contributed by atoms with E-state index in [1.54, 1.807) is 0 Å². The Balaban J connectivity index is 0.00000288. The lowest BCUT2D eigenvalue weighted by Crippen LogP contribution is -2.41. The van der Waals surface area contributed by atoms with Crippen molar-refractivity contribution in [3.8, 4) is 5.75 Å². The Bertz CT molecular complexity index is 493. The quantitative estimate of drug-likeness (QED) is 0.289. The highest BCUT2D eigenvalue weighted by atomic mass is 127. The molecular formula is C17H27ClIN3O2. The number of guanidine groups is 1. The zero-order chi connectivity index (χ0) is 16.5. The number of benzene rings is 1. The summed E-state index contributed by atoms with van der Waals surface area (Å²) >= 11 is 5.85. The second-order valence-corrected chi connectivity index (χ2v) is 6.08. The van der Waals surface area contributed by atoms with Crippen LogP contribution in [0, 0.1) is 5.92 Å². The van der Waals surface area contributed by atoms with Gasteiger partial charge in [0.25, 0.3) is 0 Å². The van der Waals surface area contributed by atoms with Gasteiger partial charge in [-0.3, -0.25) is 0 Å². The van der Waals surface area contributed by atoms with Gasteiger partial charge in [0, 0.05) is 37.7 Å². The average Bonchev–Trinajstić information content (AvgIpc) is 3.05. The minimum absolute atomic E-state index is 0. The summed E-state index contributed by atoms with van der Waals surface area (Å²) in [5, 5.41) is 4.04.